The van der Waals surface area contributed by atoms with Crippen molar-refractivity contribution in [2.45, 2.75) is 25.3 Å². The average molecular weight is 255 g/mol. The van der Waals surface area contributed by atoms with Crippen LogP contribution in [0.3, 0.4) is 0 Å². The standard InChI is InChI=1S/C16H17NO2/c1-3-5-12-16(11-4-2)15(18)19-14(17-16)13-9-7-6-8-10-13/h3-10H,2,11-12H2,1H3/b5-3+. The molecule has 3 nitrogen and oxygen atoms in total. The molecule has 1 aliphatic heterocycles. The number of esters is 1. The van der Waals surface area contributed by atoms with Gasteiger partial charge in [-0.3, -0.25) is 0 Å². The lowest BCUT2D eigenvalue weighted by molar-refractivity contribution is -0.138. The normalized spacial score (nSPS) is 22.4. The van der Waals surface area contributed by atoms with Gasteiger partial charge >= 0.3 is 5.97 Å². The molecule has 0 aromatic heterocycles. The third kappa shape index (κ3) is 2.65. The van der Waals surface area contributed by atoms with Crippen LogP contribution in [0, 0.1) is 0 Å². The molecule has 2 rings (SSSR count). The molecule has 0 radical (unpaired) electrons. The van der Waals surface area contributed by atoms with Crippen LogP contribution in [0.15, 0.2) is 60.1 Å². The van der Waals surface area contributed by atoms with Crippen molar-refractivity contribution in [3.8, 4) is 0 Å². The second-order valence-corrected chi connectivity index (χ2v) is 4.47. The van der Waals surface area contributed by atoms with Gasteiger partial charge in [-0.1, -0.05) is 36.4 Å². The second kappa shape index (κ2) is 5.65. The summed E-state index contributed by atoms with van der Waals surface area (Å²) < 4.78 is 5.34. The SMILES string of the molecule is C=CCC1(C/C=C/C)N=C(c2ccccc2)OC1=O. The molecule has 0 saturated heterocycles. The molecule has 19 heavy (non-hydrogen) atoms. The van der Waals surface area contributed by atoms with Crippen LogP contribution < -0.4 is 0 Å². The first-order valence-electron chi connectivity index (χ1n) is 6.31. The zero-order valence-electron chi connectivity index (χ0n) is 11.0. The number of nitrogens with zero attached hydrogens (tertiary/aromatic N) is 1. The first-order chi connectivity index (χ1) is 9.22. The fourth-order valence-electron chi connectivity index (χ4n) is 2.04. The summed E-state index contributed by atoms with van der Waals surface area (Å²) in [6.07, 6.45) is 6.57. The third-order valence-corrected chi connectivity index (χ3v) is 3.08. The molecule has 0 fully saturated rings. The minimum Gasteiger partial charge on any atom is -0.405 e. The van der Waals surface area contributed by atoms with Crippen molar-refractivity contribution in [3.63, 3.8) is 0 Å². The maximum absolute atomic E-state index is 12.2. The van der Waals surface area contributed by atoms with Gasteiger partial charge in [0.1, 0.15) is 0 Å². The number of hydrogen-bond acceptors (Lipinski definition) is 3. The highest BCUT2D eigenvalue weighted by Crippen LogP contribution is 2.30. The Kier molecular flexibility index (Phi) is 3.95. The highest BCUT2D eigenvalue weighted by atomic mass is 16.6. The maximum Gasteiger partial charge on any atom is 0.341 e. The predicted octanol–water partition coefficient (Wildman–Crippen LogP) is 3.27. The largest absolute Gasteiger partial charge is 0.405 e. The molecule has 98 valence electrons. The molecule has 1 unspecified atom stereocenters. The van der Waals surface area contributed by atoms with Gasteiger partial charge in [-0.25, -0.2) is 9.79 Å². The highest BCUT2D eigenvalue weighted by molar-refractivity contribution is 6.08. The molecule has 1 aromatic carbocycles. The monoisotopic (exact) mass is 255 g/mol. The Morgan fingerprint density at radius 3 is 2.68 bits per heavy atom. The van der Waals surface area contributed by atoms with Crippen molar-refractivity contribution in [2.24, 2.45) is 4.99 Å². The summed E-state index contributed by atoms with van der Waals surface area (Å²) >= 11 is 0. The summed E-state index contributed by atoms with van der Waals surface area (Å²) in [7, 11) is 0. The van der Waals surface area contributed by atoms with E-state index in [0.717, 1.165) is 5.56 Å². The molecule has 1 aliphatic rings. The molecule has 1 atom stereocenters. The van der Waals surface area contributed by atoms with Gasteiger partial charge < -0.3 is 4.74 Å². The van der Waals surface area contributed by atoms with Crippen LogP contribution in [0.4, 0.5) is 0 Å². The second-order valence-electron chi connectivity index (χ2n) is 4.47. The topological polar surface area (TPSA) is 38.7 Å². The van der Waals surface area contributed by atoms with Crippen molar-refractivity contribution in [3.05, 3.63) is 60.7 Å². The smallest absolute Gasteiger partial charge is 0.341 e. The zero-order valence-corrected chi connectivity index (χ0v) is 11.0. The Hall–Kier alpha value is -2.16. The van der Waals surface area contributed by atoms with Gasteiger partial charge in [-0.15, -0.1) is 6.58 Å². The summed E-state index contributed by atoms with van der Waals surface area (Å²) in [5.74, 6) is 0.0984. The quantitative estimate of drug-likeness (QED) is 0.598. The third-order valence-electron chi connectivity index (χ3n) is 3.08. The summed E-state index contributed by atoms with van der Waals surface area (Å²) in [5, 5.41) is 0. The minimum atomic E-state index is -0.848. The predicted molar refractivity (Wildman–Crippen MR) is 76.0 cm³/mol. The van der Waals surface area contributed by atoms with E-state index < -0.39 is 5.54 Å². The number of rotatable bonds is 5. The van der Waals surface area contributed by atoms with Gasteiger partial charge in [0.25, 0.3) is 0 Å². The Balaban J connectivity index is 2.36. The van der Waals surface area contributed by atoms with E-state index >= 15 is 0 Å². The summed E-state index contributed by atoms with van der Waals surface area (Å²) in [4.78, 5) is 16.7. The molecule has 0 amide bonds. The lowest BCUT2D eigenvalue weighted by Crippen LogP contribution is -2.32. The van der Waals surface area contributed by atoms with Crippen molar-refractivity contribution in [2.75, 3.05) is 0 Å². The van der Waals surface area contributed by atoms with Crippen molar-refractivity contribution in [1.82, 2.24) is 0 Å². The van der Waals surface area contributed by atoms with Crippen LogP contribution in [-0.2, 0) is 9.53 Å². The molecule has 1 heterocycles. The number of aliphatic imine (C=N–C) groups is 1. The van der Waals surface area contributed by atoms with Crippen LogP contribution in [0.5, 0.6) is 0 Å². The van der Waals surface area contributed by atoms with Crippen LogP contribution in [0.25, 0.3) is 0 Å². The molecule has 0 N–H and O–H groups in total. The van der Waals surface area contributed by atoms with Gasteiger partial charge in [0.05, 0.1) is 0 Å². The minimum absolute atomic E-state index is 0.302. The van der Waals surface area contributed by atoms with Gasteiger partial charge in [0.15, 0.2) is 5.54 Å². The van der Waals surface area contributed by atoms with Gasteiger partial charge in [-0.05, 0) is 19.1 Å². The fourth-order valence-corrected chi connectivity index (χ4v) is 2.04. The van der Waals surface area contributed by atoms with Crippen LogP contribution in [0.1, 0.15) is 25.3 Å². The number of cyclic esters (lactones) is 1. The number of allylic oxidation sites excluding steroid dienone is 1. The fraction of sp³-hybridized carbons (Fsp3) is 0.250. The Morgan fingerprint density at radius 1 is 1.32 bits per heavy atom. The molecule has 3 heteroatoms. The van der Waals surface area contributed by atoms with E-state index in [1.165, 1.54) is 0 Å². The van der Waals surface area contributed by atoms with Crippen molar-refractivity contribution < 1.29 is 9.53 Å². The number of carbonyl (C=O) groups excluding carboxylic acids is 1. The lowest BCUT2D eigenvalue weighted by atomic mass is 9.92. The Morgan fingerprint density at radius 2 is 2.05 bits per heavy atom. The number of ether oxygens (including phenoxy) is 1. The Labute approximate surface area is 113 Å². The molecular formula is C16H17NO2. The van der Waals surface area contributed by atoms with Gasteiger partial charge in [-0.2, -0.15) is 0 Å². The van der Waals surface area contributed by atoms with E-state index in [9.17, 15) is 4.79 Å². The molecule has 0 spiro atoms. The maximum atomic E-state index is 12.2. The summed E-state index contributed by atoms with van der Waals surface area (Å²) in [6, 6.07) is 9.46. The number of carbonyl (C=O) groups is 1. The molecule has 1 aromatic rings. The van der Waals surface area contributed by atoms with E-state index in [-0.39, 0.29) is 5.97 Å². The summed E-state index contributed by atoms with van der Waals surface area (Å²) in [5.41, 5.74) is -0.0262. The van der Waals surface area contributed by atoms with Crippen LogP contribution in [0.2, 0.25) is 0 Å². The van der Waals surface area contributed by atoms with Crippen LogP contribution in [-0.4, -0.2) is 17.4 Å². The van der Waals surface area contributed by atoms with E-state index in [1.54, 1.807) is 6.08 Å². The van der Waals surface area contributed by atoms with E-state index in [4.69, 9.17) is 4.74 Å². The van der Waals surface area contributed by atoms with Crippen molar-refractivity contribution >= 4 is 11.9 Å². The molecule has 0 saturated carbocycles. The zero-order chi connectivity index (χ0) is 13.7. The average Bonchev–Trinajstić information content (AvgIpc) is 2.76. The van der Waals surface area contributed by atoms with Gasteiger partial charge in [0, 0.05) is 18.4 Å². The van der Waals surface area contributed by atoms with E-state index in [1.807, 2.05) is 49.4 Å². The van der Waals surface area contributed by atoms with Crippen LogP contribution >= 0.6 is 0 Å². The molecular weight excluding hydrogens is 238 g/mol. The highest BCUT2D eigenvalue weighted by Gasteiger charge is 2.44. The first kappa shape index (κ1) is 13.3. The van der Waals surface area contributed by atoms with E-state index in [2.05, 4.69) is 11.6 Å². The summed E-state index contributed by atoms with van der Waals surface area (Å²) in [6.45, 7) is 5.63. The number of hydrogen-bond donors (Lipinski definition) is 0. The van der Waals surface area contributed by atoms with E-state index in [0.29, 0.717) is 18.7 Å². The molecule has 0 bridgehead atoms. The first-order valence-corrected chi connectivity index (χ1v) is 6.31. The Bertz CT molecular complexity index is 531. The van der Waals surface area contributed by atoms with Crippen molar-refractivity contribution in [1.29, 1.82) is 0 Å². The molecule has 0 aliphatic carbocycles. The number of benzene rings is 1. The lowest BCUT2D eigenvalue weighted by Gasteiger charge is -2.17. The van der Waals surface area contributed by atoms with Gasteiger partial charge in [0.2, 0.25) is 5.90 Å².